The van der Waals surface area contributed by atoms with Crippen LogP contribution in [0.4, 0.5) is 4.79 Å². The van der Waals surface area contributed by atoms with Crippen LogP contribution in [-0.4, -0.2) is 121 Å². The lowest BCUT2D eigenvalue weighted by atomic mass is 10.0. The molecule has 2 saturated carbocycles. The highest BCUT2D eigenvalue weighted by atomic mass is 32.2. The zero-order valence-corrected chi connectivity index (χ0v) is 35.0. The number of likely N-dealkylation sites (tertiary alicyclic amines) is 1. The van der Waals surface area contributed by atoms with Crippen LogP contribution in [0, 0.1) is 12.8 Å². The molecule has 5 amide bonds. The van der Waals surface area contributed by atoms with Gasteiger partial charge < -0.3 is 39.4 Å². The van der Waals surface area contributed by atoms with Gasteiger partial charge in [-0.15, -0.1) is 0 Å². The van der Waals surface area contributed by atoms with Crippen molar-refractivity contribution in [1.82, 2.24) is 30.1 Å². The number of methoxy groups -OCH3 is 2. The van der Waals surface area contributed by atoms with Crippen molar-refractivity contribution < 1.29 is 46.5 Å². The lowest BCUT2D eigenvalue weighted by molar-refractivity contribution is -0.141. The minimum Gasteiger partial charge on any atom is -0.496 e. The first-order chi connectivity index (χ1) is 27.6. The number of fused-ring (bicyclic) bond motifs is 3. The molecule has 0 bridgehead atoms. The Morgan fingerprint density at radius 1 is 1.03 bits per heavy atom. The zero-order chi connectivity index (χ0) is 41.6. The van der Waals surface area contributed by atoms with Gasteiger partial charge >= 0.3 is 6.03 Å². The van der Waals surface area contributed by atoms with Crippen molar-refractivity contribution in [2.45, 2.75) is 126 Å². The van der Waals surface area contributed by atoms with E-state index < -0.39 is 68.2 Å². The normalized spacial score (nSPS) is 27.4. The van der Waals surface area contributed by atoms with Crippen LogP contribution >= 0.6 is 0 Å². The second kappa shape index (κ2) is 16.2. The zero-order valence-electron chi connectivity index (χ0n) is 34.2. The highest BCUT2D eigenvalue weighted by Crippen LogP contribution is 2.47. The molecule has 3 aliphatic heterocycles. The van der Waals surface area contributed by atoms with Gasteiger partial charge in [0.2, 0.25) is 27.7 Å². The first-order valence-corrected chi connectivity index (χ1v) is 21.8. The highest BCUT2D eigenvalue weighted by molar-refractivity contribution is 7.91. The SMILES string of the molecule is COc1ccc2c(OC3CC4C(=O)NC5(C(=O)NS(=O)(=O)C6(C)CC6)CC5C=CCCCCCC(NC(=O)N5CC(OC)C5)C(=O)N4C3)cc(OC(C)C)nc2c1C. The maximum atomic E-state index is 14.7. The van der Waals surface area contributed by atoms with Gasteiger partial charge in [-0.2, -0.15) is 0 Å². The Kier molecular flexibility index (Phi) is 11.6. The molecule has 4 heterocycles. The molecule has 1 aromatic heterocycles. The number of aryl methyl sites for hydroxylation is 1. The van der Waals surface area contributed by atoms with Crippen molar-refractivity contribution in [2.24, 2.45) is 5.92 Å². The number of amides is 5. The fourth-order valence-electron chi connectivity index (χ4n) is 8.10. The van der Waals surface area contributed by atoms with Crippen LogP contribution in [0.25, 0.3) is 10.9 Å². The van der Waals surface area contributed by atoms with E-state index in [2.05, 4.69) is 15.4 Å². The number of carbonyl (C=O) groups excluding carboxylic acids is 4. The average Bonchev–Trinajstić information content (AvgIpc) is 4.03. The summed E-state index contributed by atoms with van der Waals surface area (Å²) in [6, 6.07) is 2.90. The third-order valence-corrected chi connectivity index (χ3v) is 14.4. The van der Waals surface area contributed by atoms with E-state index in [1.54, 1.807) is 32.1 Å². The number of sulfonamides is 1. The van der Waals surface area contributed by atoms with Gasteiger partial charge in [0.25, 0.3) is 5.91 Å². The van der Waals surface area contributed by atoms with Crippen LogP contribution in [0.1, 0.15) is 84.1 Å². The Hall–Kier alpha value is -4.64. The molecule has 17 heteroatoms. The fourth-order valence-corrected chi connectivity index (χ4v) is 9.41. The number of allylic oxidation sites excluding steroid dienone is 1. The Labute approximate surface area is 339 Å². The number of hydrogen-bond acceptors (Lipinski definition) is 11. The summed E-state index contributed by atoms with van der Waals surface area (Å²) in [7, 11) is -0.832. The number of nitrogens with zero attached hydrogens (tertiary/aromatic N) is 3. The molecule has 2 aliphatic carbocycles. The van der Waals surface area contributed by atoms with E-state index in [0.717, 1.165) is 18.4 Å². The van der Waals surface area contributed by atoms with Crippen molar-refractivity contribution in [3.8, 4) is 17.4 Å². The molecule has 5 unspecified atom stereocenters. The van der Waals surface area contributed by atoms with Gasteiger partial charge in [0.05, 0.1) is 49.2 Å². The summed E-state index contributed by atoms with van der Waals surface area (Å²) in [4.78, 5) is 64.4. The minimum atomic E-state index is -4.00. The molecule has 4 fully saturated rings. The average molecular weight is 825 g/mol. The van der Waals surface area contributed by atoms with E-state index in [1.165, 1.54) is 4.90 Å². The number of rotatable bonds is 10. The molecule has 58 heavy (non-hydrogen) atoms. The molecule has 3 N–H and O–H groups in total. The number of hydrogen-bond donors (Lipinski definition) is 3. The quantitative estimate of drug-likeness (QED) is 0.297. The van der Waals surface area contributed by atoms with E-state index in [0.29, 0.717) is 73.5 Å². The van der Waals surface area contributed by atoms with Crippen molar-refractivity contribution >= 4 is 44.7 Å². The molecule has 0 spiro atoms. The lowest BCUT2D eigenvalue weighted by Crippen LogP contribution is -2.61. The van der Waals surface area contributed by atoms with Gasteiger partial charge in [-0.05, 0) is 78.4 Å². The van der Waals surface area contributed by atoms with Crippen LogP contribution in [0.5, 0.6) is 17.4 Å². The van der Waals surface area contributed by atoms with E-state index in [4.69, 9.17) is 23.9 Å². The first kappa shape index (κ1) is 41.5. The second-order valence-corrected chi connectivity index (χ2v) is 19.1. The maximum absolute atomic E-state index is 14.7. The number of nitrogens with one attached hydrogen (secondary N) is 3. The van der Waals surface area contributed by atoms with Crippen LogP contribution in [-0.2, 0) is 29.1 Å². The van der Waals surface area contributed by atoms with E-state index in [1.807, 2.05) is 45.1 Å². The molecule has 1 aromatic carbocycles. The third kappa shape index (κ3) is 8.29. The molecule has 7 rings (SSSR count). The topological polar surface area (TPSA) is 195 Å². The summed E-state index contributed by atoms with van der Waals surface area (Å²) in [5.74, 6) is -0.900. The van der Waals surface area contributed by atoms with E-state index in [9.17, 15) is 27.6 Å². The van der Waals surface area contributed by atoms with Crippen LogP contribution in [0.3, 0.4) is 0 Å². The first-order valence-electron chi connectivity index (χ1n) is 20.3. The van der Waals surface area contributed by atoms with Crippen molar-refractivity contribution in [2.75, 3.05) is 33.9 Å². The van der Waals surface area contributed by atoms with E-state index in [-0.39, 0.29) is 31.6 Å². The summed E-state index contributed by atoms with van der Waals surface area (Å²) >= 11 is 0. The van der Waals surface area contributed by atoms with Crippen molar-refractivity contribution in [1.29, 1.82) is 0 Å². The Bertz CT molecular complexity index is 2080. The predicted molar refractivity (Wildman–Crippen MR) is 214 cm³/mol. The molecule has 5 atom stereocenters. The standard InChI is InChI=1S/C41H56N6O10S/c1-24(2)56-34-19-33(29-14-15-32(55-6)25(3)35(29)43-34)57-27-18-31-36(48)44-41(38(50)45-58(52,53)40(4)16-17-40)20-26(41)12-10-8-7-9-11-13-30(37(49)47(31)23-27)42-39(51)46-21-28(22-46)54-5/h10,12,14-15,19,24,26-28,30-31H,7-9,11,13,16-18,20-23H2,1-6H3,(H,42,51)(H,44,48)(H,45,50). The molecular formula is C41H56N6O10S. The molecule has 0 radical (unpaired) electrons. The summed E-state index contributed by atoms with van der Waals surface area (Å²) in [5, 5.41) is 6.54. The summed E-state index contributed by atoms with van der Waals surface area (Å²) in [5.41, 5.74) is -0.141. The summed E-state index contributed by atoms with van der Waals surface area (Å²) < 4.78 is 51.3. The van der Waals surface area contributed by atoms with Crippen LogP contribution < -0.4 is 29.6 Å². The van der Waals surface area contributed by atoms with E-state index >= 15 is 0 Å². The van der Waals surface area contributed by atoms with Crippen LogP contribution in [0.2, 0.25) is 0 Å². The fraction of sp³-hybridized carbons (Fsp3) is 0.634. The summed E-state index contributed by atoms with van der Waals surface area (Å²) in [6.07, 6.45) is 7.26. The number of pyridine rings is 1. The Morgan fingerprint density at radius 2 is 1.79 bits per heavy atom. The van der Waals surface area contributed by atoms with Gasteiger partial charge in [-0.3, -0.25) is 19.1 Å². The number of ether oxygens (including phenoxy) is 4. The summed E-state index contributed by atoms with van der Waals surface area (Å²) in [6.45, 7) is 8.05. The number of aromatic nitrogens is 1. The molecule has 16 nitrogen and oxygen atoms in total. The largest absolute Gasteiger partial charge is 0.496 e. The smallest absolute Gasteiger partial charge is 0.318 e. The second-order valence-electron chi connectivity index (χ2n) is 16.9. The number of carbonyl (C=O) groups is 4. The number of urea groups is 1. The monoisotopic (exact) mass is 824 g/mol. The Balaban J connectivity index is 1.21. The molecular weight excluding hydrogens is 769 g/mol. The molecule has 2 saturated heterocycles. The minimum absolute atomic E-state index is 0.00661. The van der Waals surface area contributed by atoms with Crippen molar-refractivity contribution in [3.63, 3.8) is 0 Å². The molecule has 316 valence electrons. The Morgan fingerprint density at radius 3 is 2.48 bits per heavy atom. The van der Waals surface area contributed by atoms with Gasteiger partial charge in [-0.25, -0.2) is 18.2 Å². The van der Waals surface area contributed by atoms with Gasteiger partial charge in [0.1, 0.15) is 35.2 Å². The molecule has 5 aliphatic rings. The highest BCUT2D eigenvalue weighted by Gasteiger charge is 2.63. The van der Waals surface area contributed by atoms with Gasteiger partial charge in [-0.1, -0.05) is 25.0 Å². The number of benzene rings is 1. The van der Waals surface area contributed by atoms with Crippen LogP contribution in [0.15, 0.2) is 30.4 Å². The molecule has 2 aromatic rings. The maximum Gasteiger partial charge on any atom is 0.318 e. The lowest BCUT2D eigenvalue weighted by Gasteiger charge is -2.39. The van der Waals surface area contributed by atoms with Gasteiger partial charge in [0, 0.05) is 36.5 Å². The predicted octanol–water partition coefficient (Wildman–Crippen LogP) is 3.49. The van der Waals surface area contributed by atoms with Gasteiger partial charge in [0.15, 0.2) is 0 Å². The van der Waals surface area contributed by atoms with Crippen molar-refractivity contribution in [3.05, 3.63) is 35.9 Å². The third-order valence-electron chi connectivity index (χ3n) is 12.2.